The Morgan fingerprint density at radius 3 is 2.26 bits per heavy atom. The lowest BCUT2D eigenvalue weighted by Crippen LogP contribution is -2.68. The average molecular weight is 762 g/mol. The minimum atomic E-state index is -3.14. The van der Waals surface area contributed by atoms with E-state index in [-0.39, 0.29) is 33.0 Å². The molecular weight excluding hydrogens is 691 g/mol. The molecule has 2 N–H and O–H groups in total. The number of allylic oxidation sites excluding steroid dienone is 3. The summed E-state index contributed by atoms with van der Waals surface area (Å²) in [4.78, 5) is 14.1. The van der Waals surface area contributed by atoms with Gasteiger partial charge in [-0.1, -0.05) is 78.3 Å². The number of hydrogen-bond acceptors (Lipinski definition) is 5. The monoisotopic (exact) mass is 762 g/mol. The van der Waals surface area contributed by atoms with Gasteiger partial charge in [0.05, 0.1) is 11.3 Å². The number of aromatic carboxylic acids is 1. The fourth-order valence-corrected chi connectivity index (χ4v) is 16.1. The average Bonchev–Trinajstić information content (AvgIpc) is 3.51. The normalized spacial score (nSPS) is 39.5. The van der Waals surface area contributed by atoms with Crippen LogP contribution < -0.4 is 5.32 Å². The van der Waals surface area contributed by atoms with Crippen LogP contribution in [0.1, 0.15) is 135 Å². The standard InChI is InChI=1S/C46H71N3O4S/c1-9-10-31-54(52,53)49-29-27-48(28-30-49)26-25-47-46-22-17-35(32(2)3)40(46)37-15-16-39-43(6)20-18-36(33-11-13-34(14-12-33)41(50)51)42(4,5)38(43)19-21-45(39,8)44(37,7)23-24-46/h11-14,18,35,37-40,47H,2,9-10,15-17,19-31H2,1,3-8H3,(H,50,51)/t35-,37+,38-,39+,40+,43-,44+,45+,46-/m0/s1. The van der Waals surface area contributed by atoms with Crippen LogP contribution in [0, 0.1) is 51.2 Å². The summed E-state index contributed by atoms with van der Waals surface area (Å²) in [6.45, 7) is 26.8. The first-order chi connectivity index (χ1) is 25.4. The molecule has 300 valence electrons. The highest BCUT2D eigenvalue weighted by Gasteiger charge is 2.70. The lowest BCUT2D eigenvalue weighted by atomic mass is 9.33. The van der Waals surface area contributed by atoms with Gasteiger partial charge in [-0.15, -0.1) is 0 Å². The number of sulfonamides is 1. The minimum absolute atomic E-state index is 0.00884. The van der Waals surface area contributed by atoms with E-state index in [1.165, 1.54) is 68.1 Å². The number of carboxylic acids is 1. The predicted molar refractivity (Wildman–Crippen MR) is 221 cm³/mol. The lowest BCUT2D eigenvalue weighted by Gasteiger charge is -2.72. The van der Waals surface area contributed by atoms with Gasteiger partial charge in [-0.05, 0) is 146 Å². The summed E-state index contributed by atoms with van der Waals surface area (Å²) in [5.74, 6) is 2.52. The molecule has 4 saturated carbocycles. The Balaban J connectivity index is 1.08. The predicted octanol–water partition coefficient (Wildman–Crippen LogP) is 9.13. The van der Waals surface area contributed by atoms with Crippen molar-refractivity contribution < 1.29 is 18.3 Å². The van der Waals surface area contributed by atoms with Gasteiger partial charge in [-0.2, -0.15) is 4.31 Å². The first kappa shape index (κ1) is 40.2. The zero-order valence-electron chi connectivity index (χ0n) is 34.7. The lowest BCUT2D eigenvalue weighted by molar-refractivity contribution is -0.219. The topological polar surface area (TPSA) is 90.0 Å². The Bertz CT molecular complexity index is 1730. The van der Waals surface area contributed by atoms with Crippen LogP contribution in [0.15, 0.2) is 42.5 Å². The second kappa shape index (κ2) is 14.4. The first-order valence-corrected chi connectivity index (χ1v) is 23.2. The van der Waals surface area contributed by atoms with Crippen molar-refractivity contribution in [1.29, 1.82) is 0 Å². The van der Waals surface area contributed by atoms with Crippen LogP contribution in [-0.2, 0) is 10.0 Å². The van der Waals surface area contributed by atoms with Crippen molar-refractivity contribution in [3.05, 3.63) is 53.6 Å². The third-order valence-electron chi connectivity index (χ3n) is 17.5. The van der Waals surface area contributed by atoms with E-state index in [0.29, 0.717) is 48.2 Å². The molecule has 54 heavy (non-hydrogen) atoms. The van der Waals surface area contributed by atoms with E-state index in [4.69, 9.17) is 0 Å². The number of carbonyl (C=O) groups is 1. The third kappa shape index (κ3) is 6.40. The largest absolute Gasteiger partial charge is 0.478 e. The molecule has 8 heteroatoms. The molecule has 0 unspecified atom stereocenters. The van der Waals surface area contributed by atoms with Crippen LogP contribution in [0.3, 0.4) is 0 Å². The molecule has 9 atom stereocenters. The Kier molecular flexibility index (Phi) is 10.7. The second-order valence-corrected chi connectivity index (χ2v) is 22.2. The van der Waals surface area contributed by atoms with E-state index in [0.717, 1.165) is 45.4 Å². The number of rotatable bonds is 11. The highest BCUT2D eigenvalue weighted by atomic mass is 32.2. The summed E-state index contributed by atoms with van der Waals surface area (Å²) >= 11 is 0. The van der Waals surface area contributed by atoms with E-state index in [1.54, 1.807) is 16.4 Å². The van der Waals surface area contributed by atoms with Crippen LogP contribution >= 0.6 is 0 Å². The third-order valence-corrected chi connectivity index (χ3v) is 19.4. The van der Waals surface area contributed by atoms with Crippen molar-refractivity contribution in [3.63, 3.8) is 0 Å². The van der Waals surface area contributed by atoms with Gasteiger partial charge in [0.2, 0.25) is 10.0 Å². The van der Waals surface area contributed by atoms with Gasteiger partial charge in [0.1, 0.15) is 0 Å². The smallest absolute Gasteiger partial charge is 0.335 e. The van der Waals surface area contributed by atoms with E-state index >= 15 is 0 Å². The van der Waals surface area contributed by atoms with Crippen molar-refractivity contribution in [2.24, 2.45) is 51.2 Å². The zero-order chi connectivity index (χ0) is 38.9. The van der Waals surface area contributed by atoms with Crippen molar-refractivity contribution in [3.8, 4) is 0 Å². The highest BCUT2D eigenvalue weighted by Crippen LogP contribution is 2.76. The summed E-state index contributed by atoms with van der Waals surface area (Å²) in [5, 5.41) is 13.8. The number of carboxylic acid groups (broad SMARTS) is 1. The number of piperazine rings is 1. The number of fused-ring (bicyclic) bond motifs is 7. The quantitative estimate of drug-likeness (QED) is 0.219. The highest BCUT2D eigenvalue weighted by molar-refractivity contribution is 7.89. The molecule has 7 nitrogen and oxygen atoms in total. The van der Waals surface area contributed by atoms with E-state index < -0.39 is 16.0 Å². The summed E-state index contributed by atoms with van der Waals surface area (Å²) in [6, 6.07) is 7.60. The molecular formula is C46H71N3O4S. The molecule has 1 aromatic carbocycles. The Morgan fingerprint density at radius 2 is 1.61 bits per heavy atom. The summed E-state index contributed by atoms with van der Waals surface area (Å²) in [5.41, 5.74) is 5.24. The van der Waals surface area contributed by atoms with Crippen LogP contribution in [0.5, 0.6) is 0 Å². The van der Waals surface area contributed by atoms with Gasteiger partial charge in [0.25, 0.3) is 0 Å². The molecule has 6 aliphatic rings. The molecule has 7 rings (SSSR count). The number of nitrogens with zero attached hydrogens (tertiary/aromatic N) is 2. The van der Waals surface area contributed by atoms with Gasteiger partial charge < -0.3 is 10.4 Å². The molecule has 1 heterocycles. The molecule has 0 spiro atoms. The molecule has 5 aliphatic carbocycles. The SMILES string of the molecule is C=C(C)[C@@H]1CC[C@]2(NCCN3CCN(S(=O)(=O)CCCC)CC3)CC[C@]3(C)[C@H](CC[C@@H]4[C@@]5(C)CC=C(c6ccc(C(=O)O)cc6)C(C)(C)[C@@H]5CC[C@]43C)[C@@H]12. The number of hydrogen-bond donors (Lipinski definition) is 2. The fourth-order valence-electron chi connectivity index (χ4n) is 14.5. The van der Waals surface area contributed by atoms with Gasteiger partial charge in [-0.25, -0.2) is 13.2 Å². The maximum absolute atomic E-state index is 12.8. The van der Waals surface area contributed by atoms with Gasteiger partial charge in [0.15, 0.2) is 0 Å². The number of nitrogens with one attached hydrogen (secondary N) is 1. The Morgan fingerprint density at radius 1 is 0.907 bits per heavy atom. The number of unbranched alkanes of at least 4 members (excludes halogenated alkanes) is 1. The van der Waals surface area contributed by atoms with E-state index in [9.17, 15) is 18.3 Å². The maximum atomic E-state index is 12.8. The van der Waals surface area contributed by atoms with Crippen LogP contribution in [0.2, 0.25) is 0 Å². The molecule has 0 amide bonds. The minimum Gasteiger partial charge on any atom is -0.478 e. The zero-order valence-corrected chi connectivity index (χ0v) is 35.5. The first-order valence-electron chi connectivity index (χ1n) is 21.6. The summed E-state index contributed by atoms with van der Waals surface area (Å²) in [7, 11) is -3.14. The molecule has 0 aromatic heterocycles. The van der Waals surface area contributed by atoms with E-state index in [2.05, 4.69) is 71.3 Å². The maximum Gasteiger partial charge on any atom is 0.335 e. The van der Waals surface area contributed by atoms with Crippen LogP contribution in [0.4, 0.5) is 0 Å². The second-order valence-electron chi connectivity index (χ2n) is 20.1. The van der Waals surface area contributed by atoms with E-state index in [1.807, 2.05) is 12.1 Å². The molecule has 0 radical (unpaired) electrons. The van der Waals surface area contributed by atoms with Gasteiger partial charge in [-0.3, -0.25) is 4.90 Å². The van der Waals surface area contributed by atoms with Crippen molar-refractivity contribution in [2.75, 3.05) is 45.0 Å². The van der Waals surface area contributed by atoms with Crippen molar-refractivity contribution in [2.45, 2.75) is 125 Å². The molecule has 1 aromatic rings. The van der Waals surface area contributed by atoms with Crippen LogP contribution in [-0.4, -0.2) is 79.3 Å². The summed E-state index contributed by atoms with van der Waals surface area (Å²) < 4.78 is 27.4. The van der Waals surface area contributed by atoms with Crippen LogP contribution in [0.25, 0.3) is 5.57 Å². The summed E-state index contributed by atoms with van der Waals surface area (Å²) in [6.07, 6.45) is 15.4. The van der Waals surface area contributed by atoms with Gasteiger partial charge >= 0.3 is 5.97 Å². The van der Waals surface area contributed by atoms with Crippen molar-refractivity contribution >= 4 is 21.6 Å². The Hall–Kier alpha value is -2.00. The molecule has 1 saturated heterocycles. The van der Waals surface area contributed by atoms with Crippen molar-refractivity contribution in [1.82, 2.24) is 14.5 Å². The molecule has 1 aliphatic heterocycles. The van der Waals surface area contributed by atoms with Gasteiger partial charge in [0, 0.05) is 44.8 Å². The fraction of sp³-hybridized carbons (Fsp3) is 0.761. The Labute approximate surface area is 327 Å². The molecule has 5 fully saturated rings. The number of benzene rings is 1. The molecule has 0 bridgehead atoms.